The number of nitrogens with zero attached hydrogens (tertiary/aromatic N) is 4. The molecule has 0 radical (unpaired) electrons. The number of ketones is 1. The van der Waals surface area contributed by atoms with Crippen molar-refractivity contribution in [2.75, 3.05) is 31.1 Å². The molecular weight excluding hydrogens is 371 g/mol. The molecule has 3 aromatic rings. The van der Waals surface area contributed by atoms with Gasteiger partial charge in [0.05, 0.1) is 12.5 Å². The molecule has 0 spiro atoms. The predicted octanol–water partition coefficient (Wildman–Crippen LogP) is 3.18. The highest BCUT2D eigenvalue weighted by atomic mass is 19.1. The third kappa shape index (κ3) is 3.89. The van der Waals surface area contributed by atoms with Crippen molar-refractivity contribution < 1.29 is 14.0 Å². The molecule has 148 valence electrons. The van der Waals surface area contributed by atoms with Gasteiger partial charge in [-0.3, -0.25) is 14.2 Å². The molecule has 1 aromatic heterocycles. The lowest BCUT2D eigenvalue weighted by molar-refractivity contribution is 0.0738. The molecule has 7 heteroatoms. The highest BCUT2D eigenvalue weighted by molar-refractivity contribution is 5.94. The molecule has 2 aromatic carbocycles. The lowest BCUT2D eigenvalue weighted by atomic mass is 10.1. The van der Waals surface area contributed by atoms with Crippen molar-refractivity contribution in [2.24, 2.45) is 0 Å². The first kappa shape index (κ1) is 18.9. The Hall–Kier alpha value is -3.48. The van der Waals surface area contributed by atoms with E-state index in [0.717, 1.165) is 5.69 Å². The maximum Gasteiger partial charge on any atom is 0.272 e. The first-order chi connectivity index (χ1) is 14.0. The van der Waals surface area contributed by atoms with Crippen molar-refractivity contribution >= 4 is 17.4 Å². The Morgan fingerprint density at radius 1 is 0.897 bits per heavy atom. The van der Waals surface area contributed by atoms with Crippen LogP contribution in [0.3, 0.4) is 0 Å². The van der Waals surface area contributed by atoms with E-state index in [2.05, 4.69) is 9.88 Å². The third-order valence-corrected chi connectivity index (χ3v) is 5.17. The molecule has 1 fully saturated rings. The third-order valence-electron chi connectivity index (χ3n) is 5.17. The second kappa shape index (κ2) is 7.87. The SMILES string of the molecule is CC(=O)c1ccc(N2CCN(C(=O)c3cncn3-c3ccc(F)cc3)CC2)cc1. The zero-order chi connectivity index (χ0) is 20.4. The Bertz CT molecular complexity index is 1020. The molecule has 4 rings (SSSR count). The molecule has 1 aliphatic rings. The van der Waals surface area contributed by atoms with Gasteiger partial charge in [0.2, 0.25) is 0 Å². The number of Topliss-reactive ketones (excluding diaryl/α,β-unsaturated/α-hetero) is 1. The number of hydrogen-bond acceptors (Lipinski definition) is 4. The molecule has 6 nitrogen and oxygen atoms in total. The molecule has 2 heterocycles. The summed E-state index contributed by atoms with van der Waals surface area (Å²) in [6, 6.07) is 13.5. The quantitative estimate of drug-likeness (QED) is 0.640. The van der Waals surface area contributed by atoms with Crippen LogP contribution in [0.25, 0.3) is 5.69 Å². The minimum absolute atomic E-state index is 0.0460. The van der Waals surface area contributed by atoms with Crippen LogP contribution in [0.1, 0.15) is 27.8 Å². The van der Waals surface area contributed by atoms with Crippen molar-refractivity contribution in [3.05, 3.63) is 78.1 Å². The van der Waals surface area contributed by atoms with E-state index in [4.69, 9.17) is 0 Å². The van der Waals surface area contributed by atoms with Crippen LogP contribution >= 0.6 is 0 Å². The van der Waals surface area contributed by atoms with Crippen LogP contribution < -0.4 is 4.90 Å². The number of anilines is 1. The zero-order valence-corrected chi connectivity index (χ0v) is 16.1. The largest absolute Gasteiger partial charge is 0.368 e. The number of rotatable bonds is 4. The summed E-state index contributed by atoms with van der Waals surface area (Å²) in [4.78, 5) is 32.6. The van der Waals surface area contributed by atoms with Crippen molar-refractivity contribution in [1.82, 2.24) is 14.5 Å². The number of benzene rings is 2. The minimum Gasteiger partial charge on any atom is -0.368 e. The van der Waals surface area contributed by atoms with Crippen molar-refractivity contribution in [2.45, 2.75) is 6.92 Å². The zero-order valence-electron chi connectivity index (χ0n) is 16.1. The first-order valence-corrected chi connectivity index (χ1v) is 9.46. The van der Waals surface area contributed by atoms with Crippen LogP contribution in [0.5, 0.6) is 0 Å². The summed E-state index contributed by atoms with van der Waals surface area (Å²) in [6.07, 6.45) is 3.10. The van der Waals surface area contributed by atoms with E-state index >= 15 is 0 Å². The Morgan fingerprint density at radius 2 is 1.52 bits per heavy atom. The number of amides is 1. The molecule has 0 saturated carbocycles. The van der Waals surface area contributed by atoms with Gasteiger partial charge in [0.1, 0.15) is 11.5 Å². The van der Waals surface area contributed by atoms with Crippen molar-refractivity contribution in [1.29, 1.82) is 0 Å². The van der Waals surface area contributed by atoms with Gasteiger partial charge in [-0.25, -0.2) is 9.37 Å². The summed E-state index contributed by atoms with van der Waals surface area (Å²) >= 11 is 0. The van der Waals surface area contributed by atoms with E-state index in [1.54, 1.807) is 41.0 Å². The summed E-state index contributed by atoms with van der Waals surface area (Å²) in [5.74, 6) is -0.377. The topological polar surface area (TPSA) is 58.4 Å². The maximum atomic E-state index is 13.2. The first-order valence-electron chi connectivity index (χ1n) is 9.46. The molecule has 0 aliphatic carbocycles. The number of halogens is 1. The maximum absolute atomic E-state index is 13.2. The van der Waals surface area contributed by atoms with Gasteiger partial charge in [0.25, 0.3) is 5.91 Å². The number of piperazine rings is 1. The van der Waals surface area contributed by atoms with Crippen LogP contribution in [0.2, 0.25) is 0 Å². The number of carbonyl (C=O) groups excluding carboxylic acids is 2. The standard InChI is InChI=1S/C22H21FN4O2/c1-16(28)17-2-6-19(7-3-17)25-10-12-26(13-11-25)22(29)21-14-24-15-27(21)20-8-4-18(23)5-9-20/h2-9,14-15H,10-13H2,1H3. The molecule has 1 amide bonds. The van der Waals surface area contributed by atoms with E-state index in [9.17, 15) is 14.0 Å². The average molecular weight is 392 g/mol. The van der Waals surface area contributed by atoms with Gasteiger partial charge in [-0.2, -0.15) is 0 Å². The summed E-state index contributed by atoms with van der Waals surface area (Å²) in [7, 11) is 0. The average Bonchev–Trinajstić information content (AvgIpc) is 3.24. The van der Waals surface area contributed by atoms with Crippen LogP contribution in [0.4, 0.5) is 10.1 Å². The van der Waals surface area contributed by atoms with E-state index in [1.807, 2.05) is 24.3 Å². The number of aromatic nitrogens is 2. The molecule has 1 saturated heterocycles. The van der Waals surface area contributed by atoms with Gasteiger partial charge < -0.3 is 9.80 Å². The smallest absolute Gasteiger partial charge is 0.272 e. The highest BCUT2D eigenvalue weighted by Crippen LogP contribution is 2.19. The fourth-order valence-corrected chi connectivity index (χ4v) is 3.50. The molecule has 0 atom stereocenters. The molecule has 29 heavy (non-hydrogen) atoms. The fourth-order valence-electron chi connectivity index (χ4n) is 3.50. The number of carbonyl (C=O) groups is 2. The highest BCUT2D eigenvalue weighted by Gasteiger charge is 2.25. The predicted molar refractivity (Wildman–Crippen MR) is 108 cm³/mol. The summed E-state index contributed by atoms with van der Waals surface area (Å²) < 4.78 is 14.9. The number of hydrogen-bond donors (Lipinski definition) is 0. The van der Waals surface area contributed by atoms with Crippen molar-refractivity contribution in [3.63, 3.8) is 0 Å². The Labute approximate surface area is 168 Å². The van der Waals surface area contributed by atoms with E-state index in [0.29, 0.717) is 43.1 Å². The van der Waals surface area contributed by atoms with Gasteiger partial charge in [0, 0.05) is 43.1 Å². The van der Waals surface area contributed by atoms with Crippen LogP contribution in [0, 0.1) is 5.82 Å². The second-order valence-electron chi connectivity index (χ2n) is 7.01. The van der Waals surface area contributed by atoms with Crippen molar-refractivity contribution in [3.8, 4) is 5.69 Å². The Morgan fingerprint density at radius 3 is 2.14 bits per heavy atom. The molecular formula is C22H21FN4O2. The van der Waals surface area contributed by atoms with Gasteiger partial charge in [-0.15, -0.1) is 0 Å². The Balaban J connectivity index is 1.44. The molecule has 0 N–H and O–H groups in total. The van der Waals surface area contributed by atoms with Crippen LogP contribution in [0.15, 0.2) is 61.1 Å². The summed E-state index contributed by atoms with van der Waals surface area (Å²) in [5.41, 5.74) is 2.88. The van der Waals surface area contributed by atoms with Gasteiger partial charge in [0.15, 0.2) is 5.78 Å². The van der Waals surface area contributed by atoms with E-state index in [1.165, 1.54) is 12.1 Å². The molecule has 1 aliphatic heterocycles. The van der Waals surface area contributed by atoms with E-state index in [-0.39, 0.29) is 17.5 Å². The second-order valence-corrected chi connectivity index (χ2v) is 7.01. The summed E-state index contributed by atoms with van der Waals surface area (Å²) in [6.45, 7) is 4.13. The molecule has 0 bridgehead atoms. The lowest BCUT2D eigenvalue weighted by Crippen LogP contribution is -2.49. The van der Waals surface area contributed by atoms with Crippen LogP contribution in [-0.4, -0.2) is 52.3 Å². The Kier molecular flexibility index (Phi) is 5.12. The normalized spacial score (nSPS) is 14.1. The van der Waals surface area contributed by atoms with Gasteiger partial charge in [-0.1, -0.05) is 0 Å². The fraction of sp³-hybridized carbons (Fsp3) is 0.227. The molecule has 0 unspecified atom stereocenters. The minimum atomic E-state index is -0.325. The van der Waals surface area contributed by atoms with E-state index < -0.39 is 0 Å². The monoisotopic (exact) mass is 392 g/mol. The summed E-state index contributed by atoms with van der Waals surface area (Å²) in [5, 5.41) is 0. The van der Waals surface area contributed by atoms with Gasteiger partial charge >= 0.3 is 0 Å². The lowest BCUT2D eigenvalue weighted by Gasteiger charge is -2.36. The number of imidazole rings is 1. The van der Waals surface area contributed by atoms with Crippen LogP contribution in [-0.2, 0) is 0 Å². The van der Waals surface area contributed by atoms with Gasteiger partial charge in [-0.05, 0) is 55.5 Å².